The van der Waals surface area contributed by atoms with E-state index in [1.54, 1.807) is 0 Å². The summed E-state index contributed by atoms with van der Waals surface area (Å²) in [5, 5.41) is 18.1. The van der Waals surface area contributed by atoms with E-state index in [-0.39, 0.29) is 6.61 Å². The van der Waals surface area contributed by atoms with E-state index in [0.29, 0.717) is 26.2 Å². The Hall–Kier alpha value is -1.75. The van der Waals surface area contributed by atoms with E-state index >= 15 is 0 Å². The van der Waals surface area contributed by atoms with Crippen molar-refractivity contribution >= 4 is 11.8 Å². The Labute approximate surface area is 99.9 Å². The summed E-state index contributed by atoms with van der Waals surface area (Å²) in [5.41, 5.74) is 1.89. The molecule has 0 bridgehead atoms. The van der Waals surface area contributed by atoms with Gasteiger partial charge in [-0.15, -0.1) is 0 Å². The lowest BCUT2D eigenvalue weighted by Crippen LogP contribution is -2.48. The van der Waals surface area contributed by atoms with E-state index in [1.165, 1.54) is 4.90 Å². The van der Waals surface area contributed by atoms with Crippen molar-refractivity contribution in [3.63, 3.8) is 0 Å². The number of rotatable bonds is 2. The minimum absolute atomic E-state index is 0.00924. The molecule has 0 saturated carbocycles. The van der Waals surface area contributed by atoms with Gasteiger partial charge in [0.2, 0.25) is 0 Å². The van der Waals surface area contributed by atoms with Crippen molar-refractivity contribution in [1.29, 1.82) is 0 Å². The molecule has 5 nitrogen and oxygen atoms in total. The normalized spacial score (nSPS) is 16.1. The Bertz CT molecular complexity index is 400. The SMILES string of the molecule is O=C(O)N1CCN(c2ccccc2CO)CC1. The molecule has 1 aromatic carbocycles. The van der Waals surface area contributed by atoms with E-state index in [9.17, 15) is 9.90 Å². The van der Waals surface area contributed by atoms with Crippen LogP contribution in [0.1, 0.15) is 5.56 Å². The summed E-state index contributed by atoms with van der Waals surface area (Å²) in [6.07, 6.45) is -0.861. The van der Waals surface area contributed by atoms with Gasteiger partial charge in [0, 0.05) is 37.4 Å². The number of hydrogen-bond donors (Lipinski definition) is 2. The molecule has 1 amide bonds. The van der Waals surface area contributed by atoms with Gasteiger partial charge in [-0.2, -0.15) is 0 Å². The van der Waals surface area contributed by atoms with Gasteiger partial charge in [0.1, 0.15) is 0 Å². The molecule has 92 valence electrons. The van der Waals surface area contributed by atoms with Crippen molar-refractivity contribution in [2.45, 2.75) is 6.61 Å². The van der Waals surface area contributed by atoms with Gasteiger partial charge in [0.15, 0.2) is 0 Å². The van der Waals surface area contributed by atoms with Crippen molar-refractivity contribution in [2.24, 2.45) is 0 Å². The van der Waals surface area contributed by atoms with Gasteiger partial charge < -0.3 is 20.0 Å². The van der Waals surface area contributed by atoms with E-state index in [0.717, 1.165) is 11.3 Å². The number of aliphatic hydroxyl groups excluding tert-OH is 1. The smallest absolute Gasteiger partial charge is 0.407 e. The maximum Gasteiger partial charge on any atom is 0.407 e. The first-order valence-corrected chi connectivity index (χ1v) is 5.64. The van der Waals surface area contributed by atoms with E-state index in [2.05, 4.69) is 4.90 Å². The molecule has 0 aliphatic carbocycles. The van der Waals surface area contributed by atoms with Crippen molar-refractivity contribution in [3.8, 4) is 0 Å². The molecule has 1 fully saturated rings. The van der Waals surface area contributed by atoms with Crippen LogP contribution in [-0.2, 0) is 6.61 Å². The molecule has 17 heavy (non-hydrogen) atoms. The lowest BCUT2D eigenvalue weighted by atomic mass is 10.1. The monoisotopic (exact) mass is 236 g/mol. The molecule has 5 heteroatoms. The van der Waals surface area contributed by atoms with Crippen molar-refractivity contribution < 1.29 is 15.0 Å². The summed E-state index contributed by atoms with van der Waals surface area (Å²) < 4.78 is 0. The zero-order valence-corrected chi connectivity index (χ0v) is 9.54. The van der Waals surface area contributed by atoms with Gasteiger partial charge in [0.05, 0.1) is 6.61 Å². The molecule has 1 aliphatic heterocycles. The van der Waals surface area contributed by atoms with Gasteiger partial charge in [-0.1, -0.05) is 18.2 Å². The Morgan fingerprint density at radius 2 is 1.82 bits per heavy atom. The molecule has 0 spiro atoms. The summed E-state index contributed by atoms with van der Waals surface area (Å²) in [7, 11) is 0. The molecule has 2 rings (SSSR count). The van der Waals surface area contributed by atoms with Crippen LogP contribution in [-0.4, -0.2) is 47.4 Å². The second kappa shape index (κ2) is 5.05. The fraction of sp³-hybridized carbons (Fsp3) is 0.417. The highest BCUT2D eigenvalue weighted by molar-refractivity contribution is 5.65. The molecular formula is C12H16N2O3. The first-order valence-electron chi connectivity index (χ1n) is 5.64. The zero-order chi connectivity index (χ0) is 12.3. The predicted molar refractivity (Wildman–Crippen MR) is 64.2 cm³/mol. The van der Waals surface area contributed by atoms with Crippen LogP contribution >= 0.6 is 0 Å². The van der Waals surface area contributed by atoms with Crippen LogP contribution in [0.2, 0.25) is 0 Å². The Balaban J connectivity index is 2.07. The predicted octanol–water partition coefficient (Wildman–Crippen LogP) is 0.979. The van der Waals surface area contributed by atoms with Crippen LogP contribution in [0, 0.1) is 0 Å². The molecule has 0 atom stereocenters. The van der Waals surface area contributed by atoms with Gasteiger partial charge in [-0.3, -0.25) is 0 Å². The number of piperazine rings is 1. The second-order valence-corrected chi connectivity index (χ2v) is 4.04. The number of para-hydroxylation sites is 1. The molecule has 2 N–H and O–H groups in total. The number of hydrogen-bond acceptors (Lipinski definition) is 3. The highest BCUT2D eigenvalue weighted by atomic mass is 16.4. The van der Waals surface area contributed by atoms with Gasteiger partial charge in [-0.05, 0) is 6.07 Å². The van der Waals surface area contributed by atoms with Crippen molar-refractivity contribution in [2.75, 3.05) is 31.1 Å². The van der Waals surface area contributed by atoms with Crippen LogP contribution in [0.15, 0.2) is 24.3 Å². The van der Waals surface area contributed by atoms with Crippen molar-refractivity contribution in [1.82, 2.24) is 4.90 Å². The number of carboxylic acid groups (broad SMARTS) is 1. The topological polar surface area (TPSA) is 64.0 Å². The third-order valence-electron chi connectivity index (χ3n) is 3.05. The number of benzene rings is 1. The quantitative estimate of drug-likeness (QED) is 0.803. The first kappa shape index (κ1) is 11.7. The van der Waals surface area contributed by atoms with Crippen molar-refractivity contribution in [3.05, 3.63) is 29.8 Å². The Morgan fingerprint density at radius 1 is 1.18 bits per heavy atom. The maximum atomic E-state index is 10.8. The van der Waals surface area contributed by atoms with E-state index in [1.807, 2.05) is 24.3 Å². The largest absolute Gasteiger partial charge is 0.465 e. The molecule has 0 aromatic heterocycles. The number of nitrogens with zero attached hydrogens (tertiary/aromatic N) is 2. The van der Waals surface area contributed by atoms with E-state index < -0.39 is 6.09 Å². The zero-order valence-electron chi connectivity index (χ0n) is 9.54. The molecule has 1 saturated heterocycles. The van der Waals surface area contributed by atoms with Crippen LogP contribution in [0.5, 0.6) is 0 Å². The van der Waals surface area contributed by atoms with Crippen LogP contribution in [0.4, 0.5) is 10.5 Å². The average Bonchev–Trinajstić information content (AvgIpc) is 2.39. The summed E-state index contributed by atoms with van der Waals surface area (Å²) >= 11 is 0. The van der Waals surface area contributed by atoms with Gasteiger partial charge >= 0.3 is 6.09 Å². The molecule has 0 unspecified atom stereocenters. The first-order chi connectivity index (χ1) is 8.22. The Morgan fingerprint density at radius 3 is 2.41 bits per heavy atom. The third kappa shape index (κ3) is 2.50. The third-order valence-corrected chi connectivity index (χ3v) is 3.05. The number of carbonyl (C=O) groups is 1. The molecule has 1 aliphatic rings. The summed E-state index contributed by atoms with van der Waals surface area (Å²) in [6, 6.07) is 7.67. The minimum Gasteiger partial charge on any atom is -0.465 e. The molecule has 0 radical (unpaired) electrons. The van der Waals surface area contributed by atoms with Crippen LogP contribution in [0.3, 0.4) is 0 Å². The van der Waals surface area contributed by atoms with Crippen LogP contribution in [0.25, 0.3) is 0 Å². The number of aliphatic hydroxyl groups is 1. The Kier molecular flexibility index (Phi) is 3.49. The fourth-order valence-electron chi connectivity index (χ4n) is 2.09. The standard InChI is InChI=1S/C12H16N2O3/c15-9-10-3-1-2-4-11(10)13-5-7-14(8-6-13)12(16)17/h1-4,15H,5-9H2,(H,16,17). The highest BCUT2D eigenvalue weighted by Crippen LogP contribution is 2.21. The number of anilines is 1. The lowest BCUT2D eigenvalue weighted by Gasteiger charge is -2.35. The number of amides is 1. The second-order valence-electron chi connectivity index (χ2n) is 4.04. The summed E-state index contributed by atoms with van der Waals surface area (Å²) in [6.45, 7) is 2.37. The maximum absolute atomic E-state index is 10.8. The van der Waals surface area contributed by atoms with Gasteiger partial charge in [0.25, 0.3) is 0 Å². The average molecular weight is 236 g/mol. The highest BCUT2D eigenvalue weighted by Gasteiger charge is 2.21. The van der Waals surface area contributed by atoms with Crippen LogP contribution < -0.4 is 4.90 Å². The summed E-state index contributed by atoms with van der Waals surface area (Å²) in [5.74, 6) is 0. The molecule has 1 aromatic rings. The fourth-order valence-corrected chi connectivity index (χ4v) is 2.09. The van der Waals surface area contributed by atoms with E-state index in [4.69, 9.17) is 5.11 Å². The lowest BCUT2D eigenvalue weighted by molar-refractivity contribution is 0.142. The summed E-state index contributed by atoms with van der Waals surface area (Å²) in [4.78, 5) is 14.3. The van der Waals surface area contributed by atoms with Gasteiger partial charge in [-0.25, -0.2) is 4.79 Å². The molecule has 1 heterocycles. The molecular weight excluding hydrogens is 220 g/mol. The minimum atomic E-state index is -0.861.